The van der Waals surface area contributed by atoms with Crippen molar-refractivity contribution in [3.63, 3.8) is 0 Å². The van der Waals surface area contributed by atoms with E-state index in [1.807, 2.05) is 6.07 Å². The molecule has 0 fully saturated rings. The maximum Gasteiger partial charge on any atom is 0.292 e. The summed E-state index contributed by atoms with van der Waals surface area (Å²) >= 11 is 12.1. The first kappa shape index (κ1) is 21.0. The van der Waals surface area contributed by atoms with E-state index in [0.29, 0.717) is 39.5 Å². The predicted octanol–water partition coefficient (Wildman–Crippen LogP) is 5.80. The Morgan fingerprint density at radius 1 is 1.10 bits per heavy atom. The summed E-state index contributed by atoms with van der Waals surface area (Å²) in [5, 5.41) is 7.74. The first-order valence-corrected chi connectivity index (χ1v) is 9.98. The van der Waals surface area contributed by atoms with Gasteiger partial charge in [-0.2, -0.15) is 5.10 Å². The van der Waals surface area contributed by atoms with E-state index in [1.54, 1.807) is 53.3 Å². The SMILES string of the molecule is O=C(Nc1ccn(Cc2ccc(F)cc2Cl)n1)c1ccc(COc2ccccc2Cl)o1. The highest BCUT2D eigenvalue weighted by atomic mass is 35.5. The first-order valence-electron chi connectivity index (χ1n) is 9.23. The van der Waals surface area contributed by atoms with Crippen molar-refractivity contribution in [3.05, 3.63) is 99.8 Å². The van der Waals surface area contributed by atoms with Crippen LogP contribution in [-0.4, -0.2) is 15.7 Å². The maximum atomic E-state index is 13.2. The van der Waals surface area contributed by atoms with Gasteiger partial charge in [-0.25, -0.2) is 4.39 Å². The number of carbonyl (C=O) groups excluding carboxylic acids is 1. The molecule has 158 valence electrons. The number of furan rings is 1. The summed E-state index contributed by atoms with van der Waals surface area (Å²) in [6.45, 7) is 0.462. The van der Waals surface area contributed by atoms with Crippen molar-refractivity contribution in [3.8, 4) is 5.75 Å². The Morgan fingerprint density at radius 3 is 2.74 bits per heavy atom. The summed E-state index contributed by atoms with van der Waals surface area (Å²) in [7, 11) is 0. The van der Waals surface area contributed by atoms with E-state index in [9.17, 15) is 9.18 Å². The molecular formula is C22H16Cl2FN3O3. The molecule has 0 atom stereocenters. The van der Waals surface area contributed by atoms with Crippen molar-refractivity contribution in [2.75, 3.05) is 5.32 Å². The van der Waals surface area contributed by atoms with Gasteiger partial charge in [0, 0.05) is 17.3 Å². The lowest BCUT2D eigenvalue weighted by atomic mass is 10.2. The van der Waals surface area contributed by atoms with Gasteiger partial charge in [0.2, 0.25) is 0 Å². The number of para-hydroxylation sites is 1. The average molecular weight is 460 g/mol. The molecule has 6 nitrogen and oxygen atoms in total. The fraction of sp³-hybridized carbons (Fsp3) is 0.0909. The van der Waals surface area contributed by atoms with Gasteiger partial charge in [0.15, 0.2) is 11.6 Å². The Balaban J connectivity index is 1.35. The van der Waals surface area contributed by atoms with Gasteiger partial charge in [-0.1, -0.05) is 41.4 Å². The van der Waals surface area contributed by atoms with Crippen molar-refractivity contribution >= 4 is 34.9 Å². The number of amides is 1. The molecule has 0 saturated heterocycles. The summed E-state index contributed by atoms with van der Waals surface area (Å²) < 4.78 is 25.9. The molecule has 9 heteroatoms. The third-order valence-corrected chi connectivity index (χ3v) is 4.99. The number of hydrogen-bond acceptors (Lipinski definition) is 4. The van der Waals surface area contributed by atoms with Crippen LogP contribution >= 0.6 is 23.2 Å². The molecule has 31 heavy (non-hydrogen) atoms. The molecule has 4 aromatic rings. The van der Waals surface area contributed by atoms with Crippen LogP contribution in [0.4, 0.5) is 10.2 Å². The Morgan fingerprint density at radius 2 is 1.94 bits per heavy atom. The van der Waals surface area contributed by atoms with E-state index < -0.39 is 11.7 Å². The van der Waals surface area contributed by atoms with Crippen LogP contribution in [0.3, 0.4) is 0 Å². The van der Waals surface area contributed by atoms with Crippen LogP contribution in [0.5, 0.6) is 5.75 Å². The summed E-state index contributed by atoms with van der Waals surface area (Å²) in [4.78, 5) is 12.4. The molecule has 2 aromatic heterocycles. The highest BCUT2D eigenvalue weighted by Crippen LogP contribution is 2.24. The van der Waals surface area contributed by atoms with Gasteiger partial charge in [0.1, 0.15) is 23.9 Å². The largest absolute Gasteiger partial charge is 0.484 e. The van der Waals surface area contributed by atoms with E-state index in [2.05, 4.69) is 10.4 Å². The number of carbonyl (C=O) groups is 1. The average Bonchev–Trinajstić information content (AvgIpc) is 3.39. The van der Waals surface area contributed by atoms with Crippen LogP contribution in [0.25, 0.3) is 0 Å². The molecule has 4 rings (SSSR count). The molecule has 0 aliphatic rings. The van der Waals surface area contributed by atoms with Crippen LogP contribution in [-0.2, 0) is 13.2 Å². The lowest BCUT2D eigenvalue weighted by Crippen LogP contribution is -2.12. The maximum absolute atomic E-state index is 13.2. The highest BCUT2D eigenvalue weighted by molar-refractivity contribution is 6.32. The molecule has 2 aromatic carbocycles. The zero-order valence-corrected chi connectivity index (χ0v) is 17.5. The molecule has 2 heterocycles. The standard InChI is InChI=1S/C22H16Cl2FN3O3/c23-17-3-1-2-4-19(17)30-13-16-7-8-20(31-16)22(29)26-21-9-10-28(27-21)12-14-5-6-15(25)11-18(14)24/h1-11H,12-13H2,(H,26,27,29). The highest BCUT2D eigenvalue weighted by Gasteiger charge is 2.14. The molecule has 0 aliphatic carbocycles. The van der Waals surface area contributed by atoms with Crippen LogP contribution < -0.4 is 10.1 Å². The van der Waals surface area contributed by atoms with Gasteiger partial charge >= 0.3 is 0 Å². The number of hydrogen-bond donors (Lipinski definition) is 1. The van der Waals surface area contributed by atoms with Crippen molar-refractivity contribution in [2.24, 2.45) is 0 Å². The van der Waals surface area contributed by atoms with Crippen LogP contribution in [0.1, 0.15) is 21.9 Å². The number of halogens is 3. The second-order valence-electron chi connectivity index (χ2n) is 6.57. The quantitative estimate of drug-likeness (QED) is 0.379. The predicted molar refractivity (Wildman–Crippen MR) is 115 cm³/mol. The van der Waals surface area contributed by atoms with Crippen LogP contribution in [0.2, 0.25) is 10.0 Å². The minimum absolute atomic E-state index is 0.119. The molecule has 0 bridgehead atoms. The minimum Gasteiger partial charge on any atom is -0.484 e. The van der Waals surface area contributed by atoms with Gasteiger partial charge in [0.25, 0.3) is 5.91 Å². The molecule has 0 radical (unpaired) electrons. The zero-order chi connectivity index (χ0) is 21.8. The number of benzene rings is 2. The summed E-state index contributed by atoms with van der Waals surface area (Å²) in [6.07, 6.45) is 1.68. The minimum atomic E-state index is -0.450. The fourth-order valence-corrected chi connectivity index (χ4v) is 3.22. The summed E-state index contributed by atoms with van der Waals surface area (Å²) in [5.41, 5.74) is 0.707. The lowest BCUT2D eigenvalue weighted by Gasteiger charge is -2.05. The molecule has 0 saturated carbocycles. The van der Waals surface area contributed by atoms with E-state index >= 15 is 0 Å². The van der Waals surface area contributed by atoms with Crippen LogP contribution in [0.15, 0.2) is 71.3 Å². The van der Waals surface area contributed by atoms with E-state index in [4.69, 9.17) is 32.4 Å². The number of nitrogens with one attached hydrogen (secondary N) is 1. The molecule has 1 N–H and O–H groups in total. The van der Waals surface area contributed by atoms with Crippen molar-refractivity contribution in [1.29, 1.82) is 0 Å². The van der Waals surface area contributed by atoms with Gasteiger partial charge in [-0.15, -0.1) is 0 Å². The number of rotatable bonds is 7. The number of ether oxygens (including phenoxy) is 1. The molecular weight excluding hydrogens is 444 g/mol. The van der Waals surface area contributed by atoms with E-state index in [0.717, 1.165) is 0 Å². The second-order valence-corrected chi connectivity index (χ2v) is 7.39. The number of anilines is 1. The van der Waals surface area contributed by atoms with Gasteiger partial charge in [-0.05, 0) is 42.0 Å². The molecule has 0 aliphatic heterocycles. The smallest absolute Gasteiger partial charge is 0.292 e. The number of aromatic nitrogens is 2. The Kier molecular flexibility index (Phi) is 6.25. The normalized spacial score (nSPS) is 10.8. The first-order chi connectivity index (χ1) is 15.0. The zero-order valence-electron chi connectivity index (χ0n) is 16.0. The van der Waals surface area contributed by atoms with Gasteiger partial charge in [0.05, 0.1) is 11.6 Å². The fourth-order valence-electron chi connectivity index (χ4n) is 2.81. The lowest BCUT2D eigenvalue weighted by molar-refractivity contribution is 0.0992. The Hall–Kier alpha value is -3.29. The topological polar surface area (TPSA) is 69.3 Å². The summed E-state index contributed by atoms with van der Waals surface area (Å²) in [6, 6.07) is 16.1. The van der Waals surface area contributed by atoms with Crippen molar-refractivity contribution < 1.29 is 18.3 Å². The molecule has 0 unspecified atom stereocenters. The number of nitrogens with zero attached hydrogens (tertiary/aromatic N) is 2. The van der Waals surface area contributed by atoms with Crippen molar-refractivity contribution in [2.45, 2.75) is 13.2 Å². The third kappa shape index (κ3) is 5.25. The van der Waals surface area contributed by atoms with Crippen LogP contribution in [0, 0.1) is 5.82 Å². The Labute approximate surface area is 187 Å². The molecule has 0 spiro atoms. The van der Waals surface area contributed by atoms with Gasteiger partial charge in [-0.3, -0.25) is 9.48 Å². The second kappa shape index (κ2) is 9.24. The van der Waals surface area contributed by atoms with Gasteiger partial charge < -0.3 is 14.5 Å². The monoisotopic (exact) mass is 459 g/mol. The Bertz CT molecular complexity index is 1220. The third-order valence-electron chi connectivity index (χ3n) is 4.32. The summed E-state index contributed by atoms with van der Waals surface area (Å²) in [5.74, 6) is 0.605. The molecule has 1 amide bonds. The van der Waals surface area contributed by atoms with E-state index in [-0.39, 0.29) is 12.4 Å². The van der Waals surface area contributed by atoms with E-state index in [1.165, 1.54) is 12.1 Å². The van der Waals surface area contributed by atoms with Crippen molar-refractivity contribution in [1.82, 2.24) is 9.78 Å².